The lowest BCUT2D eigenvalue weighted by molar-refractivity contribution is 0.0784. The van der Waals surface area contributed by atoms with E-state index in [-0.39, 0.29) is 23.7 Å². The van der Waals surface area contributed by atoms with Gasteiger partial charge in [0.05, 0.1) is 12.6 Å². The molecule has 2 aliphatic rings. The Morgan fingerprint density at radius 1 is 1.17 bits per heavy atom. The smallest absolute Gasteiger partial charge is 0.318 e. The first kappa shape index (κ1) is 20.9. The molecule has 1 atom stereocenters. The van der Waals surface area contributed by atoms with Crippen LogP contribution in [0.2, 0.25) is 0 Å². The number of hydrogen-bond acceptors (Lipinski definition) is 3. The van der Waals surface area contributed by atoms with Gasteiger partial charge in [-0.25, -0.2) is 4.79 Å². The van der Waals surface area contributed by atoms with Gasteiger partial charge in [-0.05, 0) is 61.3 Å². The number of hydrogen-bond donors (Lipinski definition) is 2. The first-order chi connectivity index (χ1) is 14.6. The minimum Gasteiger partial charge on any atom is -0.376 e. The minimum atomic E-state index is -0.130. The second-order valence-corrected chi connectivity index (χ2v) is 8.70. The average molecular weight is 412 g/mol. The highest BCUT2D eigenvalue weighted by Crippen LogP contribution is 2.20. The fourth-order valence-corrected chi connectivity index (χ4v) is 4.61. The Kier molecular flexibility index (Phi) is 6.72. The highest BCUT2D eigenvalue weighted by Gasteiger charge is 2.25. The number of aromatic amines is 1. The Bertz CT molecular complexity index is 927. The van der Waals surface area contributed by atoms with Gasteiger partial charge in [0.15, 0.2) is 0 Å². The maximum Gasteiger partial charge on any atom is 0.318 e. The summed E-state index contributed by atoms with van der Waals surface area (Å²) in [4.78, 5) is 30.6. The monoisotopic (exact) mass is 411 g/mol. The number of amides is 2. The zero-order valence-electron chi connectivity index (χ0n) is 17.9. The van der Waals surface area contributed by atoms with Gasteiger partial charge in [-0.2, -0.15) is 0 Å². The van der Waals surface area contributed by atoms with E-state index in [4.69, 9.17) is 4.74 Å². The zero-order valence-corrected chi connectivity index (χ0v) is 17.9. The lowest BCUT2D eigenvalue weighted by Crippen LogP contribution is -2.48. The number of benzene rings is 1. The third-order valence-corrected chi connectivity index (χ3v) is 6.42. The number of aryl methyl sites for hydroxylation is 1. The molecule has 1 saturated carbocycles. The van der Waals surface area contributed by atoms with E-state index in [1.54, 1.807) is 4.90 Å². The Hall–Kier alpha value is -2.34. The van der Waals surface area contributed by atoms with Gasteiger partial charge in [0.25, 0.3) is 5.56 Å². The Labute approximate surface area is 178 Å². The first-order valence-electron chi connectivity index (χ1n) is 11.4. The van der Waals surface area contributed by atoms with Crippen molar-refractivity contribution < 1.29 is 9.53 Å². The molecular weight excluding hydrogens is 378 g/mol. The molecule has 0 unspecified atom stereocenters. The van der Waals surface area contributed by atoms with E-state index in [0.29, 0.717) is 18.7 Å². The van der Waals surface area contributed by atoms with Crippen LogP contribution in [0.1, 0.15) is 63.0 Å². The van der Waals surface area contributed by atoms with Gasteiger partial charge < -0.3 is 19.9 Å². The number of nitrogens with zero attached hydrogens (tertiary/aromatic N) is 1. The van der Waals surface area contributed by atoms with Crippen molar-refractivity contribution in [1.29, 1.82) is 0 Å². The van der Waals surface area contributed by atoms with Crippen molar-refractivity contribution in [2.24, 2.45) is 0 Å². The van der Waals surface area contributed by atoms with Crippen molar-refractivity contribution in [3.8, 4) is 0 Å². The number of carbonyl (C=O) groups excluding carboxylic acids is 1. The van der Waals surface area contributed by atoms with Crippen molar-refractivity contribution in [2.45, 2.75) is 77.0 Å². The largest absolute Gasteiger partial charge is 0.376 e. The van der Waals surface area contributed by atoms with Crippen LogP contribution in [0.4, 0.5) is 4.79 Å². The van der Waals surface area contributed by atoms with Gasteiger partial charge in [-0.15, -0.1) is 0 Å². The van der Waals surface area contributed by atoms with Crippen LogP contribution in [0.3, 0.4) is 0 Å². The number of H-pyrrole nitrogens is 1. The Balaban J connectivity index is 1.55. The van der Waals surface area contributed by atoms with E-state index >= 15 is 0 Å². The van der Waals surface area contributed by atoms with Crippen LogP contribution in [-0.2, 0) is 17.7 Å². The Morgan fingerprint density at radius 2 is 2.00 bits per heavy atom. The maximum atomic E-state index is 13.1. The highest BCUT2D eigenvalue weighted by molar-refractivity contribution is 5.80. The highest BCUT2D eigenvalue weighted by atomic mass is 16.5. The van der Waals surface area contributed by atoms with Gasteiger partial charge >= 0.3 is 6.03 Å². The molecule has 1 aliphatic carbocycles. The lowest BCUT2D eigenvalue weighted by atomic mass is 9.96. The molecule has 1 saturated heterocycles. The topological polar surface area (TPSA) is 74.4 Å². The Morgan fingerprint density at radius 3 is 2.73 bits per heavy atom. The molecule has 1 aromatic heterocycles. The van der Waals surface area contributed by atoms with Crippen LogP contribution in [0.25, 0.3) is 10.9 Å². The molecule has 1 aliphatic heterocycles. The number of pyridine rings is 1. The van der Waals surface area contributed by atoms with E-state index in [1.165, 1.54) is 24.8 Å². The van der Waals surface area contributed by atoms with Crippen LogP contribution in [0.15, 0.2) is 29.1 Å². The predicted molar refractivity (Wildman–Crippen MR) is 119 cm³/mol. The SMILES string of the molecule is CCc1ccc2[nH]c(=O)c(CN(C[C@@H]3CCCO3)C(=O)NC3CCCCC3)cc2c1. The van der Waals surface area contributed by atoms with Gasteiger partial charge in [0.2, 0.25) is 0 Å². The number of carbonyl (C=O) groups is 1. The molecule has 0 spiro atoms. The molecule has 0 radical (unpaired) electrons. The number of urea groups is 1. The van der Waals surface area contributed by atoms with Crippen molar-refractivity contribution in [1.82, 2.24) is 15.2 Å². The molecule has 6 heteroatoms. The summed E-state index contributed by atoms with van der Waals surface area (Å²) < 4.78 is 5.78. The van der Waals surface area contributed by atoms with Crippen LogP contribution in [0, 0.1) is 0 Å². The number of rotatable bonds is 6. The molecule has 4 rings (SSSR count). The molecule has 162 valence electrons. The van der Waals surface area contributed by atoms with Gasteiger partial charge in [-0.3, -0.25) is 4.79 Å². The molecule has 2 aromatic rings. The van der Waals surface area contributed by atoms with E-state index in [1.807, 2.05) is 18.2 Å². The summed E-state index contributed by atoms with van der Waals surface area (Å²) in [7, 11) is 0. The third kappa shape index (κ3) is 5.04. The molecule has 0 bridgehead atoms. The fourth-order valence-electron chi connectivity index (χ4n) is 4.61. The normalized spacial score (nSPS) is 19.8. The van der Waals surface area contributed by atoms with E-state index < -0.39 is 0 Å². The quantitative estimate of drug-likeness (QED) is 0.751. The summed E-state index contributed by atoms with van der Waals surface area (Å²) in [5.41, 5.74) is 2.55. The number of ether oxygens (including phenoxy) is 1. The zero-order chi connectivity index (χ0) is 20.9. The van der Waals surface area contributed by atoms with Crippen molar-refractivity contribution >= 4 is 16.9 Å². The molecule has 2 heterocycles. The first-order valence-corrected chi connectivity index (χ1v) is 11.4. The summed E-state index contributed by atoms with van der Waals surface area (Å²) in [6.45, 7) is 3.68. The van der Waals surface area contributed by atoms with Gasteiger partial charge in [-0.1, -0.05) is 32.3 Å². The summed E-state index contributed by atoms with van der Waals surface area (Å²) in [6.07, 6.45) is 8.64. The average Bonchev–Trinajstić information content (AvgIpc) is 3.27. The number of aromatic nitrogens is 1. The molecular formula is C24H33N3O3. The van der Waals surface area contributed by atoms with E-state index in [2.05, 4.69) is 23.3 Å². The van der Waals surface area contributed by atoms with Gasteiger partial charge in [0.1, 0.15) is 0 Å². The second kappa shape index (κ2) is 9.65. The minimum absolute atomic E-state index is 0.0494. The molecule has 1 aromatic carbocycles. The predicted octanol–water partition coefficient (Wildman–Crippen LogP) is 4.11. The summed E-state index contributed by atoms with van der Waals surface area (Å²) in [5.74, 6) is 0. The summed E-state index contributed by atoms with van der Waals surface area (Å²) in [5, 5.41) is 4.22. The number of fused-ring (bicyclic) bond motifs is 1. The summed E-state index contributed by atoms with van der Waals surface area (Å²) >= 11 is 0. The standard InChI is InChI=1S/C24H33N3O3/c1-2-17-10-11-22-18(13-17)14-19(23(28)26-22)15-27(16-21-9-6-12-30-21)24(29)25-20-7-4-3-5-8-20/h10-11,13-14,20-21H,2-9,12,15-16H2,1H3,(H,25,29)(H,26,28)/t21-/m0/s1. The van der Waals surface area contributed by atoms with E-state index in [9.17, 15) is 9.59 Å². The van der Waals surface area contributed by atoms with Crippen LogP contribution < -0.4 is 10.9 Å². The molecule has 6 nitrogen and oxygen atoms in total. The second-order valence-electron chi connectivity index (χ2n) is 8.70. The lowest BCUT2D eigenvalue weighted by Gasteiger charge is -2.29. The molecule has 30 heavy (non-hydrogen) atoms. The fraction of sp³-hybridized carbons (Fsp3) is 0.583. The van der Waals surface area contributed by atoms with Crippen LogP contribution in [-0.4, -0.2) is 41.2 Å². The van der Waals surface area contributed by atoms with Crippen LogP contribution >= 0.6 is 0 Å². The van der Waals surface area contributed by atoms with Crippen molar-refractivity contribution in [3.63, 3.8) is 0 Å². The third-order valence-electron chi connectivity index (χ3n) is 6.42. The molecule has 2 N–H and O–H groups in total. The van der Waals surface area contributed by atoms with Crippen molar-refractivity contribution in [2.75, 3.05) is 13.2 Å². The molecule has 2 amide bonds. The van der Waals surface area contributed by atoms with Gasteiger partial charge in [0, 0.05) is 30.3 Å². The molecule has 2 fully saturated rings. The number of nitrogens with one attached hydrogen (secondary N) is 2. The van der Waals surface area contributed by atoms with Crippen molar-refractivity contribution in [3.05, 3.63) is 45.7 Å². The van der Waals surface area contributed by atoms with E-state index in [0.717, 1.165) is 49.6 Å². The van der Waals surface area contributed by atoms with Crippen LogP contribution in [0.5, 0.6) is 0 Å². The summed E-state index contributed by atoms with van der Waals surface area (Å²) in [6, 6.07) is 8.20. The maximum absolute atomic E-state index is 13.1.